The second-order valence-electron chi connectivity index (χ2n) is 4.29. The van der Waals surface area contributed by atoms with E-state index in [0.29, 0.717) is 0 Å². The molecule has 2 rings (SSSR count). The minimum Gasteiger partial charge on any atom is -0.465 e. The zero-order chi connectivity index (χ0) is 17.0. The van der Waals surface area contributed by atoms with Crippen LogP contribution in [0.25, 0.3) is 0 Å². The van der Waals surface area contributed by atoms with Crippen molar-refractivity contribution in [1.82, 2.24) is 9.71 Å². The fourth-order valence-corrected chi connectivity index (χ4v) is 3.10. The van der Waals surface area contributed by atoms with Crippen LogP contribution in [0.15, 0.2) is 47.5 Å². The van der Waals surface area contributed by atoms with E-state index < -0.39 is 21.9 Å². The van der Waals surface area contributed by atoms with E-state index in [-0.39, 0.29) is 21.2 Å². The summed E-state index contributed by atoms with van der Waals surface area (Å²) in [6.45, 7) is 0. The molecule has 9 heteroatoms. The number of esters is 1. The highest BCUT2D eigenvalue weighted by atomic mass is 35.5. The molecule has 0 aliphatic heterocycles. The SMILES string of the molecule is COC(=O)c1ccccc1S(=O)(=O)NC(=O)c1ccnc(Cl)c1. The first-order valence-electron chi connectivity index (χ1n) is 6.21. The van der Waals surface area contributed by atoms with E-state index in [9.17, 15) is 18.0 Å². The van der Waals surface area contributed by atoms with Gasteiger partial charge in [0.15, 0.2) is 0 Å². The van der Waals surface area contributed by atoms with E-state index in [1.165, 1.54) is 42.6 Å². The number of amides is 1. The van der Waals surface area contributed by atoms with Crippen LogP contribution in [0.2, 0.25) is 5.15 Å². The van der Waals surface area contributed by atoms with Crippen molar-refractivity contribution in [1.29, 1.82) is 0 Å². The molecule has 1 aromatic carbocycles. The quantitative estimate of drug-likeness (QED) is 0.661. The summed E-state index contributed by atoms with van der Waals surface area (Å²) in [6, 6.07) is 7.92. The second kappa shape index (κ2) is 6.76. The maximum atomic E-state index is 12.4. The van der Waals surface area contributed by atoms with E-state index in [0.717, 1.165) is 7.11 Å². The zero-order valence-electron chi connectivity index (χ0n) is 11.8. The molecule has 1 amide bonds. The largest absolute Gasteiger partial charge is 0.465 e. The Morgan fingerprint density at radius 3 is 2.57 bits per heavy atom. The molecule has 0 aliphatic rings. The van der Waals surface area contributed by atoms with E-state index in [4.69, 9.17) is 11.6 Å². The molecule has 23 heavy (non-hydrogen) atoms. The molecular formula is C14H11ClN2O5S. The van der Waals surface area contributed by atoms with Crippen molar-refractivity contribution in [2.24, 2.45) is 0 Å². The van der Waals surface area contributed by atoms with Gasteiger partial charge in [-0.2, -0.15) is 0 Å². The standard InChI is InChI=1S/C14H11ClN2O5S/c1-22-14(19)10-4-2-3-5-11(10)23(20,21)17-13(18)9-6-7-16-12(15)8-9/h2-8H,1H3,(H,17,18). The third kappa shape index (κ3) is 3.85. The Balaban J connectivity index is 2.37. The van der Waals surface area contributed by atoms with Gasteiger partial charge in [0.1, 0.15) is 10.0 Å². The number of ether oxygens (including phenoxy) is 1. The topological polar surface area (TPSA) is 102 Å². The summed E-state index contributed by atoms with van der Waals surface area (Å²) in [5, 5.41) is 0.0463. The van der Waals surface area contributed by atoms with Crippen molar-refractivity contribution >= 4 is 33.5 Å². The molecule has 7 nitrogen and oxygen atoms in total. The summed E-state index contributed by atoms with van der Waals surface area (Å²) in [6.07, 6.45) is 1.27. The molecule has 0 atom stereocenters. The first-order chi connectivity index (χ1) is 10.8. The molecular weight excluding hydrogens is 344 g/mol. The van der Waals surface area contributed by atoms with E-state index in [2.05, 4.69) is 9.72 Å². The van der Waals surface area contributed by atoms with Crippen molar-refractivity contribution in [3.05, 3.63) is 58.9 Å². The predicted molar refractivity (Wildman–Crippen MR) is 81.7 cm³/mol. The normalized spacial score (nSPS) is 10.9. The summed E-state index contributed by atoms with van der Waals surface area (Å²) in [5.74, 6) is -1.72. The molecule has 0 fully saturated rings. The van der Waals surface area contributed by atoms with E-state index >= 15 is 0 Å². The van der Waals surface area contributed by atoms with Gasteiger partial charge in [0.2, 0.25) is 0 Å². The fraction of sp³-hybridized carbons (Fsp3) is 0.0714. The van der Waals surface area contributed by atoms with Gasteiger partial charge in [0.05, 0.1) is 12.7 Å². The summed E-state index contributed by atoms with van der Waals surface area (Å²) < 4.78 is 31.1. The van der Waals surface area contributed by atoms with Gasteiger partial charge in [-0.3, -0.25) is 4.79 Å². The van der Waals surface area contributed by atoms with Crippen LogP contribution >= 0.6 is 11.6 Å². The van der Waals surface area contributed by atoms with Crippen LogP contribution in [-0.2, 0) is 14.8 Å². The molecule has 1 heterocycles. The van der Waals surface area contributed by atoms with Crippen molar-refractivity contribution in [2.75, 3.05) is 7.11 Å². The minimum atomic E-state index is -4.27. The van der Waals surface area contributed by atoms with Crippen LogP contribution in [0.1, 0.15) is 20.7 Å². The molecule has 0 saturated carbocycles. The van der Waals surface area contributed by atoms with E-state index in [1.54, 1.807) is 0 Å². The molecule has 2 aromatic rings. The number of aromatic nitrogens is 1. The van der Waals surface area contributed by atoms with Gasteiger partial charge in [-0.1, -0.05) is 23.7 Å². The maximum absolute atomic E-state index is 12.4. The first-order valence-corrected chi connectivity index (χ1v) is 8.07. The summed E-state index contributed by atoms with van der Waals surface area (Å²) in [4.78, 5) is 27.0. The van der Waals surface area contributed by atoms with Crippen LogP contribution < -0.4 is 4.72 Å². The van der Waals surface area contributed by atoms with Crippen LogP contribution in [0.4, 0.5) is 0 Å². The van der Waals surface area contributed by atoms with Gasteiger partial charge in [0, 0.05) is 11.8 Å². The zero-order valence-corrected chi connectivity index (χ0v) is 13.4. The lowest BCUT2D eigenvalue weighted by Crippen LogP contribution is -2.31. The molecule has 0 radical (unpaired) electrons. The van der Waals surface area contributed by atoms with Crippen LogP contribution in [0.5, 0.6) is 0 Å². The van der Waals surface area contributed by atoms with Crippen molar-refractivity contribution < 1.29 is 22.7 Å². The smallest absolute Gasteiger partial charge is 0.339 e. The molecule has 0 saturated heterocycles. The number of rotatable bonds is 4. The Labute approximate surface area is 137 Å². The number of methoxy groups -OCH3 is 1. The number of carbonyl (C=O) groups excluding carboxylic acids is 2. The predicted octanol–water partition coefficient (Wildman–Crippen LogP) is 1.64. The molecule has 0 unspecified atom stereocenters. The van der Waals surface area contributed by atoms with E-state index in [1.807, 2.05) is 4.72 Å². The van der Waals surface area contributed by atoms with Crippen molar-refractivity contribution in [2.45, 2.75) is 4.90 Å². The second-order valence-corrected chi connectivity index (χ2v) is 6.33. The average Bonchev–Trinajstić information content (AvgIpc) is 2.53. The number of halogens is 1. The Morgan fingerprint density at radius 2 is 1.91 bits per heavy atom. The molecule has 1 aromatic heterocycles. The third-order valence-corrected chi connectivity index (χ3v) is 4.39. The van der Waals surface area contributed by atoms with Gasteiger partial charge in [-0.05, 0) is 24.3 Å². The lowest BCUT2D eigenvalue weighted by atomic mass is 10.2. The van der Waals surface area contributed by atoms with Crippen molar-refractivity contribution in [3.63, 3.8) is 0 Å². The highest BCUT2D eigenvalue weighted by Crippen LogP contribution is 2.17. The van der Waals surface area contributed by atoms with Crippen LogP contribution in [-0.4, -0.2) is 32.4 Å². The fourth-order valence-electron chi connectivity index (χ4n) is 1.76. The summed E-state index contributed by atoms with van der Waals surface area (Å²) in [7, 11) is -3.14. The minimum absolute atomic E-state index is 0.0177. The van der Waals surface area contributed by atoms with Gasteiger partial charge in [-0.25, -0.2) is 22.9 Å². The number of benzene rings is 1. The lowest BCUT2D eigenvalue weighted by Gasteiger charge is -2.10. The Kier molecular flexibility index (Phi) is 4.97. The molecule has 120 valence electrons. The van der Waals surface area contributed by atoms with Gasteiger partial charge in [0.25, 0.3) is 15.9 Å². The number of pyridine rings is 1. The molecule has 1 N–H and O–H groups in total. The number of hydrogen-bond donors (Lipinski definition) is 1. The summed E-state index contributed by atoms with van der Waals surface area (Å²) >= 11 is 5.66. The number of nitrogens with one attached hydrogen (secondary N) is 1. The van der Waals surface area contributed by atoms with Crippen LogP contribution in [0.3, 0.4) is 0 Å². The number of nitrogens with zero attached hydrogens (tertiary/aromatic N) is 1. The Morgan fingerprint density at radius 1 is 1.22 bits per heavy atom. The number of carbonyl (C=O) groups is 2. The molecule has 0 bridgehead atoms. The summed E-state index contributed by atoms with van der Waals surface area (Å²) in [5.41, 5.74) is -0.160. The van der Waals surface area contributed by atoms with Gasteiger partial charge < -0.3 is 4.74 Å². The Hall–Kier alpha value is -2.45. The van der Waals surface area contributed by atoms with Crippen molar-refractivity contribution in [3.8, 4) is 0 Å². The lowest BCUT2D eigenvalue weighted by molar-refractivity contribution is 0.0596. The third-order valence-electron chi connectivity index (χ3n) is 2.80. The van der Waals surface area contributed by atoms with Crippen LogP contribution in [0, 0.1) is 0 Å². The molecule has 0 aliphatic carbocycles. The Bertz CT molecular complexity index is 867. The van der Waals surface area contributed by atoms with Gasteiger partial charge in [-0.15, -0.1) is 0 Å². The average molecular weight is 355 g/mol. The number of sulfonamides is 1. The molecule has 0 spiro atoms. The maximum Gasteiger partial charge on any atom is 0.339 e. The first kappa shape index (κ1) is 16.9. The monoisotopic (exact) mass is 354 g/mol. The van der Waals surface area contributed by atoms with Gasteiger partial charge >= 0.3 is 5.97 Å². The highest BCUT2D eigenvalue weighted by molar-refractivity contribution is 7.90. The highest BCUT2D eigenvalue weighted by Gasteiger charge is 2.25. The number of hydrogen-bond acceptors (Lipinski definition) is 6.